The van der Waals surface area contributed by atoms with E-state index in [2.05, 4.69) is 0 Å². The number of rotatable bonds is 3. The normalized spacial score (nSPS) is 39.5. The van der Waals surface area contributed by atoms with E-state index in [1.165, 1.54) is 0 Å². The topological polar surface area (TPSA) is 57.2 Å². The lowest BCUT2D eigenvalue weighted by atomic mass is 9.89. The lowest BCUT2D eigenvalue weighted by Crippen LogP contribution is -2.47. The Morgan fingerprint density at radius 2 is 2.00 bits per heavy atom. The molecule has 5 nitrogen and oxygen atoms in total. The van der Waals surface area contributed by atoms with E-state index in [9.17, 15) is 5.11 Å². The minimum absolute atomic E-state index is 0.169. The molecule has 3 rings (SSSR count). The third kappa shape index (κ3) is 2.70. The van der Waals surface area contributed by atoms with Crippen LogP contribution in [0.3, 0.4) is 0 Å². The Hall–Kier alpha value is -0.200. The zero-order valence-electron chi connectivity index (χ0n) is 10.7. The molecule has 0 bridgehead atoms. The smallest absolute Gasteiger partial charge is 0.171 e. The average molecular weight is 258 g/mol. The summed E-state index contributed by atoms with van der Waals surface area (Å²) < 4.78 is 22.6. The van der Waals surface area contributed by atoms with E-state index in [4.69, 9.17) is 18.9 Å². The van der Waals surface area contributed by atoms with Crippen LogP contribution in [0.25, 0.3) is 0 Å². The summed E-state index contributed by atoms with van der Waals surface area (Å²) in [5.74, 6) is -0.0173. The van der Waals surface area contributed by atoms with E-state index in [1.807, 2.05) is 0 Å². The Balaban J connectivity index is 1.52. The standard InChI is InChI=1S/C13H22O5/c14-11-1-3-13(17-5-6-18-13)7-12(11)16-9-10-2-4-15-8-10/h10-12,14H,1-9H2. The molecule has 1 N–H and O–H groups in total. The molecule has 5 heteroatoms. The molecular formula is C13H22O5. The lowest BCUT2D eigenvalue weighted by Gasteiger charge is -2.39. The van der Waals surface area contributed by atoms with Crippen molar-refractivity contribution in [3.8, 4) is 0 Å². The highest BCUT2D eigenvalue weighted by molar-refractivity contribution is 4.89. The average Bonchev–Trinajstić information content (AvgIpc) is 3.03. The highest BCUT2D eigenvalue weighted by Gasteiger charge is 2.45. The molecule has 0 amide bonds. The maximum Gasteiger partial charge on any atom is 0.171 e. The molecular weight excluding hydrogens is 236 g/mol. The van der Waals surface area contributed by atoms with Crippen LogP contribution in [-0.2, 0) is 18.9 Å². The van der Waals surface area contributed by atoms with Crippen molar-refractivity contribution in [2.75, 3.05) is 33.0 Å². The first-order chi connectivity index (χ1) is 8.77. The van der Waals surface area contributed by atoms with Gasteiger partial charge in [0.25, 0.3) is 0 Å². The van der Waals surface area contributed by atoms with Gasteiger partial charge in [-0.1, -0.05) is 0 Å². The monoisotopic (exact) mass is 258 g/mol. The van der Waals surface area contributed by atoms with Crippen LogP contribution in [0.2, 0.25) is 0 Å². The van der Waals surface area contributed by atoms with Gasteiger partial charge >= 0.3 is 0 Å². The second-order valence-electron chi connectivity index (χ2n) is 5.52. The number of aliphatic hydroxyl groups is 1. The molecule has 0 aromatic carbocycles. The summed E-state index contributed by atoms with van der Waals surface area (Å²) in [6.45, 7) is 3.58. The van der Waals surface area contributed by atoms with Crippen molar-refractivity contribution in [3.63, 3.8) is 0 Å². The molecule has 1 spiro atoms. The van der Waals surface area contributed by atoms with Gasteiger partial charge in [-0.25, -0.2) is 0 Å². The molecule has 1 aliphatic carbocycles. The number of aliphatic hydroxyl groups excluding tert-OH is 1. The number of ether oxygens (including phenoxy) is 4. The van der Waals surface area contributed by atoms with Gasteiger partial charge in [-0.3, -0.25) is 0 Å². The second kappa shape index (κ2) is 5.43. The molecule has 3 aliphatic rings. The molecule has 2 heterocycles. The predicted molar refractivity (Wildman–Crippen MR) is 63.2 cm³/mol. The van der Waals surface area contributed by atoms with E-state index >= 15 is 0 Å². The van der Waals surface area contributed by atoms with Crippen molar-refractivity contribution in [3.05, 3.63) is 0 Å². The quantitative estimate of drug-likeness (QED) is 0.807. The summed E-state index contributed by atoms with van der Waals surface area (Å²) in [4.78, 5) is 0. The first-order valence-electron chi connectivity index (χ1n) is 6.93. The Morgan fingerprint density at radius 3 is 2.72 bits per heavy atom. The molecule has 3 atom stereocenters. The number of hydrogen-bond donors (Lipinski definition) is 1. The summed E-state index contributed by atoms with van der Waals surface area (Å²) in [5, 5.41) is 10.0. The van der Waals surface area contributed by atoms with Crippen molar-refractivity contribution in [1.82, 2.24) is 0 Å². The Kier molecular flexibility index (Phi) is 3.86. The van der Waals surface area contributed by atoms with E-state index in [-0.39, 0.29) is 6.10 Å². The SMILES string of the molecule is OC1CCC2(CC1OCC1CCOC1)OCCO2. The highest BCUT2D eigenvalue weighted by Crippen LogP contribution is 2.37. The summed E-state index contributed by atoms with van der Waals surface area (Å²) in [5.41, 5.74) is 0. The largest absolute Gasteiger partial charge is 0.390 e. The van der Waals surface area contributed by atoms with Gasteiger partial charge < -0.3 is 24.1 Å². The molecule has 2 aliphatic heterocycles. The second-order valence-corrected chi connectivity index (χ2v) is 5.52. The van der Waals surface area contributed by atoms with Crippen LogP contribution in [0.1, 0.15) is 25.7 Å². The van der Waals surface area contributed by atoms with Gasteiger partial charge in [-0.15, -0.1) is 0 Å². The first kappa shape index (κ1) is 12.8. The fraction of sp³-hybridized carbons (Fsp3) is 1.00. The van der Waals surface area contributed by atoms with Crippen LogP contribution in [0.15, 0.2) is 0 Å². The van der Waals surface area contributed by atoms with E-state index in [0.29, 0.717) is 38.6 Å². The van der Waals surface area contributed by atoms with Crippen LogP contribution in [0.5, 0.6) is 0 Å². The molecule has 3 fully saturated rings. The molecule has 0 aromatic rings. The van der Waals surface area contributed by atoms with E-state index in [1.54, 1.807) is 0 Å². The molecule has 104 valence electrons. The van der Waals surface area contributed by atoms with Gasteiger partial charge in [-0.05, 0) is 12.8 Å². The lowest BCUT2D eigenvalue weighted by molar-refractivity contribution is -0.223. The van der Waals surface area contributed by atoms with Crippen LogP contribution in [0.4, 0.5) is 0 Å². The zero-order valence-corrected chi connectivity index (χ0v) is 10.7. The van der Waals surface area contributed by atoms with Gasteiger partial charge in [0.15, 0.2) is 5.79 Å². The Labute approximate surface area is 107 Å². The molecule has 2 saturated heterocycles. The molecule has 0 aromatic heterocycles. The van der Waals surface area contributed by atoms with Gasteiger partial charge in [-0.2, -0.15) is 0 Å². The van der Waals surface area contributed by atoms with E-state index in [0.717, 1.165) is 26.1 Å². The van der Waals surface area contributed by atoms with Gasteiger partial charge in [0.1, 0.15) is 0 Å². The van der Waals surface area contributed by atoms with Crippen LogP contribution >= 0.6 is 0 Å². The summed E-state index contributed by atoms with van der Waals surface area (Å²) in [6, 6.07) is 0. The zero-order chi connectivity index (χ0) is 12.4. The van der Waals surface area contributed by atoms with Gasteiger partial charge in [0.2, 0.25) is 0 Å². The third-order valence-corrected chi connectivity index (χ3v) is 4.15. The van der Waals surface area contributed by atoms with Crippen molar-refractivity contribution < 1.29 is 24.1 Å². The predicted octanol–water partition coefficient (Wildman–Crippen LogP) is 0.696. The Bertz CT molecular complexity index is 271. The third-order valence-electron chi connectivity index (χ3n) is 4.15. The van der Waals surface area contributed by atoms with Crippen LogP contribution in [0, 0.1) is 5.92 Å². The summed E-state index contributed by atoms with van der Waals surface area (Å²) in [7, 11) is 0. The first-order valence-corrected chi connectivity index (χ1v) is 6.93. The molecule has 1 saturated carbocycles. The Morgan fingerprint density at radius 1 is 1.17 bits per heavy atom. The minimum atomic E-state index is -0.490. The van der Waals surface area contributed by atoms with Crippen molar-refractivity contribution in [2.24, 2.45) is 5.92 Å². The van der Waals surface area contributed by atoms with Gasteiger partial charge in [0, 0.05) is 25.4 Å². The minimum Gasteiger partial charge on any atom is -0.390 e. The van der Waals surface area contributed by atoms with Crippen molar-refractivity contribution in [1.29, 1.82) is 0 Å². The maximum atomic E-state index is 10.0. The summed E-state index contributed by atoms with van der Waals surface area (Å²) in [6.07, 6.45) is 2.58. The van der Waals surface area contributed by atoms with E-state index < -0.39 is 11.9 Å². The highest BCUT2D eigenvalue weighted by atomic mass is 16.7. The summed E-state index contributed by atoms with van der Waals surface area (Å²) >= 11 is 0. The van der Waals surface area contributed by atoms with Crippen molar-refractivity contribution in [2.45, 2.75) is 43.7 Å². The fourth-order valence-electron chi connectivity index (χ4n) is 3.00. The molecule has 0 radical (unpaired) electrons. The van der Waals surface area contributed by atoms with Crippen LogP contribution < -0.4 is 0 Å². The van der Waals surface area contributed by atoms with Crippen molar-refractivity contribution >= 4 is 0 Å². The van der Waals surface area contributed by atoms with Crippen LogP contribution in [-0.4, -0.2) is 56.1 Å². The van der Waals surface area contributed by atoms with Gasteiger partial charge in [0.05, 0.1) is 38.6 Å². The molecule has 3 unspecified atom stereocenters. The number of hydrogen-bond acceptors (Lipinski definition) is 5. The molecule has 18 heavy (non-hydrogen) atoms. The fourth-order valence-corrected chi connectivity index (χ4v) is 3.00. The maximum absolute atomic E-state index is 10.0.